The fourth-order valence-electron chi connectivity index (χ4n) is 3.23. The van der Waals surface area contributed by atoms with Gasteiger partial charge >= 0.3 is 5.97 Å². The van der Waals surface area contributed by atoms with E-state index in [-0.39, 0.29) is 16.2 Å². The molecular formula is C23H24N2O6S. The molecule has 1 aliphatic heterocycles. The lowest BCUT2D eigenvalue weighted by molar-refractivity contribution is -0.139. The quantitative estimate of drug-likeness (QED) is 0.371. The van der Waals surface area contributed by atoms with Gasteiger partial charge in [0, 0.05) is 25.6 Å². The molecule has 168 valence electrons. The normalized spacial score (nSPS) is 14.7. The summed E-state index contributed by atoms with van der Waals surface area (Å²) in [5.41, 5.74) is 0.796. The number of Topliss-reactive ketones (excluding diaryl/α,β-unsaturated/α-hetero) is 1. The second kappa shape index (κ2) is 10.3. The lowest BCUT2D eigenvalue weighted by Gasteiger charge is -2.15. The zero-order valence-electron chi connectivity index (χ0n) is 17.6. The Morgan fingerprint density at radius 1 is 1.00 bits per heavy atom. The number of rotatable bonds is 8. The zero-order valence-corrected chi connectivity index (χ0v) is 18.4. The molecule has 1 heterocycles. The molecular weight excluding hydrogens is 432 g/mol. The van der Waals surface area contributed by atoms with Gasteiger partial charge in [-0.1, -0.05) is 30.3 Å². The molecule has 0 bridgehead atoms. The van der Waals surface area contributed by atoms with Crippen LogP contribution < -0.4 is 5.32 Å². The Morgan fingerprint density at radius 2 is 1.62 bits per heavy atom. The van der Waals surface area contributed by atoms with Crippen molar-refractivity contribution < 1.29 is 27.5 Å². The highest BCUT2D eigenvalue weighted by atomic mass is 32.2. The van der Waals surface area contributed by atoms with Gasteiger partial charge < -0.3 is 10.1 Å². The third kappa shape index (κ3) is 5.89. The molecule has 0 aliphatic carbocycles. The predicted octanol–water partition coefficient (Wildman–Crippen LogP) is 2.37. The van der Waals surface area contributed by atoms with Crippen molar-refractivity contribution in [3.05, 3.63) is 71.4 Å². The Hall–Kier alpha value is -3.30. The van der Waals surface area contributed by atoms with Crippen LogP contribution in [0.5, 0.6) is 0 Å². The molecule has 3 rings (SSSR count). The summed E-state index contributed by atoms with van der Waals surface area (Å²) in [6.07, 6.45) is 3.12. The molecule has 1 N–H and O–H groups in total. The molecule has 8 nitrogen and oxygen atoms in total. The number of amides is 1. The second-order valence-electron chi connectivity index (χ2n) is 7.28. The SMILES string of the molecule is CC(=O)N/C(=C/c1ccccc1)C(=O)OCC(=O)c1ccc(S(=O)(=O)N2CCCC2)cc1. The van der Waals surface area contributed by atoms with E-state index in [2.05, 4.69) is 5.32 Å². The lowest BCUT2D eigenvalue weighted by atomic mass is 10.1. The summed E-state index contributed by atoms with van der Waals surface area (Å²) in [7, 11) is -3.57. The van der Waals surface area contributed by atoms with Crippen molar-refractivity contribution in [2.24, 2.45) is 0 Å². The maximum Gasteiger partial charge on any atom is 0.355 e. The molecule has 2 aromatic rings. The van der Waals surface area contributed by atoms with Crippen LogP contribution >= 0.6 is 0 Å². The van der Waals surface area contributed by atoms with Crippen molar-refractivity contribution >= 4 is 33.8 Å². The molecule has 1 aliphatic rings. The third-order valence-corrected chi connectivity index (χ3v) is 6.77. The van der Waals surface area contributed by atoms with E-state index in [0.717, 1.165) is 12.8 Å². The van der Waals surface area contributed by atoms with E-state index >= 15 is 0 Å². The number of carbonyl (C=O) groups excluding carboxylic acids is 3. The van der Waals surface area contributed by atoms with Gasteiger partial charge in [-0.15, -0.1) is 0 Å². The molecule has 1 fully saturated rings. The van der Waals surface area contributed by atoms with Gasteiger partial charge in [-0.05, 0) is 48.7 Å². The number of sulfonamides is 1. The molecule has 0 unspecified atom stereocenters. The molecule has 0 radical (unpaired) electrons. The minimum atomic E-state index is -3.57. The molecule has 32 heavy (non-hydrogen) atoms. The number of nitrogens with one attached hydrogen (secondary N) is 1. The van der Waals surface area contributed by atoms with Gasteiger partial charge in [0.25, 0.3) is 0 Å². The van der Waals surface area contributed by atoms with E-state index in [1.807, 2.05) is 6.07 Å². The molecule has 2 aromatic carbocycles. The minimum Gasteiger partial charge on any atom is -0.453 e. The summed E-state index contributed by atoms with van der Waals surface area (Å²) >= 11 is 0. The van der Waals surface area contributed by atoms with Crippen molar-refractivity contribution in [2.45, 2.75) is 24.7 Å². The Morgan fingerprint density at radius 3 is 2.22 bits per heavy atom. The number of esters is 1. The van der Waals surface area contributed by atoms with Gasteiger partial charge in [0.05, 0.1) is 4.90 Å². The van der Waals surface area contributed by atoms with E-state index in [1.165, 1.54) is 41.6 Å². The highest BCUT2D eigenvalue weighted by Gasteiger charge is 2.27. The molecule has 1 amide bonds. The Bertz CT molecular complexity index is 1120. The monoisotopic (exact) mass is 456 g/mol. The van der Waals surface area contributed by atoms with Gasteiger partial charge in [0.15, 0.2) is 12.4 Å². The number of carbonyl (C=O) groups is 3. The maximum absolute atomic E-state index is 12.6. The largest absolute Gasteiger partial charge is 0.453 e. The Labute approximate surface area is 186 Å². The summed E-state index contributed by atoms with van der Waals surface area (Å²) in [4.78, 5) is 36.4. The average Bonchev–Trinajstić information content (AvgIpc) is 3.33. The number of ether oxygens (including phenoxy) is 1. The van der Waals surface area contributed by atoms with Gasteiger partial charge in [0.1, 0.15) is 5.70 Å². The predicted molar refractivity (Wildman–Crippen MR) is 118 cm³/mol. The number of ketones is 1. The van der Waals surface area contributed by atoms with Crippen LogP contribution in [0.2, 0.25) is 0 Å². The number of hydrogen-bond donors (Lipinski definition) is 1. The second-order valence-corrected chi connectivity index (χ2v) is 9.22. The van der Waals surface area contributed by atoms with Crippen molar-refractivity contribution in [1.82, 2.24) is 9.62 Å². The zero-order chi connectivity index (χ0) is 23.1. The van der Waals surface area contributed by atoms with Crippen LogP contribution in [0.15, 0.2) is 65.2 Å². The van der Waals surface area contributed by atoms with E-state index in [9.17, 15) is 22.8 Å². The molecule has 0 atom stereocenters. The van der Waals surface area contributed by atoms with E-state index in [0.29, 0.717) is 18.7 Å². The van der Waals surface area contributed by atoms with Crippen molar-refractivity contribution in [3.8, 4) is 0 Å². The standard InChI is InChI=1S/C23H24N2O6S/c1-17(26)24-21(15-18-7-3-2-4-8-18)23(28)31-16-22(27)19-9-11-20(12-10-19)32(29,30)25-13-5-6-14-25/h2-4,7-12,15H,5-6,13-14,16H2,1H3,(H,24,26)/b21-15+. The molecule has 0 spiro atoms. The average molecular weight is 457 g/mol. The molecule has 0 aromatic heterocycles. The highest BCUT2D eigenvalue weighted by molar-refractivity contribution is 7.89. The number of benzene rings is 2. The molecule has 9 heteroatoms. The highest BCUT2D eigenvalue weighted by Crippen LogP contribution is 2.21. The fourth-order valence-corrected chi connectivity index (χ4v) is 4.75. The lowest BCUT2D eigenvalue weighted by Crippen LogP contribution is -2.28. The Kier molecular flexibility index (Phi) is 7.55. The van der Waals surface area contributed by atoms with Crippen LogP contribution in [0.4, 0.5) is 0 Å². The third-order valence-electron chi connectivity index (χ3n) is 4.85. The smallest absolute Gasteiger partial charge is 0.355 e. The Balaban J connectivity index is 1.65. The first-order chi connectivity index (χ1) is 15.3. The topological polar surface area (TPSA) is 110 Å². The molecule has 1 saturated heterocycles. The summed E-state index contributed by atoms with van der Waals surface area (Å²) in [5.74, 6) is -1.80. The van der Waals surface area contributed by atoms with E-state index < -0.39 is 34.3 Å². The summed E-state index contributed by atoms with van der Waals surface area (Å²) < 4.78 is 31.6. The van der Waals surface area contributed by atoms with Crippen molar-refractivity contribution in [3.63, 3.8) is 0 Å². The van der Waals surface area contributed by atoms with E-state index in [4.69, 9.17) is 4.74 Å². The molecule has 0 saturated carbocycles. The summed E-state index contributed by atoms with van der Waals surface area (Å²) in [5, 5.41) is 2.41. The summed E-state index contributed by atoms with van der Waals surface area (Å²) in [6, 6.07) is 14.4. The fraction of sp³-hybridized carbons (Fsp3) is 0.261. The number of hydrogen-bond acceptors (Lipinski definition) is 6. The number of nitrogens with zero attached hydrogens (tertiary/aromatic N) is 1. The minimum absolute atomic E-state index is 0.0939. The van der Waals surface area contributed by atoms with Crippen LogP contribution in [-0.2, 0) is 24.3 Å². The van der Waals surface area contributed by atoms with E-state index in [1.54, 1.807) is 24.3 Å². The van der Waals surface area contributed by atoms with Gasteiger partial charge in [-0.3, -0.25) is 9.59 Å². The first-order valence-electron chi connectivity index (χ1n) is 10.1. The van der Waals surface area contributed by atoms with Crippen LogP contribution in [-0.4, -0.2) is 50.1 Å². The van der Waals surface area contributed by atoms with Crippen molar-refractivity contribution in [2.75, 3.05) is 19.7 Å². The summed E-state index contributed by atoms with van der Waals surface area (Å²) in [6.45, 7) is 1.69. The van der Waals surface area contributed by atoms with Gasteiger partial charge in [-0.25, -0.2) is 13.2 Å². The maximum atomic E-state index is 12.6. The first-order valence-corrected chi connectivity index (χ1v) is 11.6. The first kappa shape index (κ1) is 23.4. The van der Waals surface area contributed by atoms with Gasteiger partial charge in [0.2, 0.25) is 15.9 Å². The van der Waals surface area contributed by atoms with Crippen molar-refractivity contribution in [1.29, 1.82) is 0 Å². The van der Waals surface area contributed by atoms with Crippen LogP contribution in [0, 0.1) is 0 Å². The van der Waals surface area contributed by atoms with Crippen LogP contribution in [0.1, 0.15) is 35.7 Å². The van der Waals surface area contributed by atoms with Gasteiger partial charge in [-0.2, -0.15) is 4.31 Å². The van der Waals surface area contributed by atoms with Crippen LogP contribution in [0.25, 0.3) is 6.08 Å². The van der Waals surface area contributed by atoms with Crippen LogP contribution in [0.3, 0.4) is 0 Å².